The van der Waals surface area contributed by atoms with Gasteiger partial charge in [-0.1, -0.05) is 41.5 Å². The summed E-state index contributed by atoms with van der Waals surface area (Å²) < 4.78 is 0. The summed E-state index contributed by atoms with van der Waals surface area (Å²) >= 11 is 0. The van der Waals surface area contributed by atoms with Crippen LogP contribution in [0.15, 0.2) is 34.4 Å². The van der Waals surface area contributed by atoms with Crippen molar-refractivity contribution in [3.63, 3.8) is 0 Å². The van der Waals surface area contributed by atoms with E-state index in [1.807, 2.05) is 0 Å². The molecule has 0 nitrogen and oxygen atoms in total. The molecule has 3 heteroatoms. The normalized spacial score (nSPS) is 16.3. The van der Waals surface area contributed by atoms with Gasteiger partial charge in [0.05, 0.1) is 0 Å². The Balaban J connectivity index is -0.000000308. The van der Waals surface area contributed by atoms with Gasteiger partial charge in [-0.05, 0) is 10.8 Å². The molecular weight excluding hydrogens is 359 g/mol. The molecule has 0 aromatic rings. The molecule has 0 N–H and O–H groups in total. The third kappa shape index (κ3) is 8.78. The average molecular weight is 389 g/mol. The second kappa shape index (κ2) is 11.0. The molecule has 128 valence electrons. The van der Waals surface area contributed by atoms with E-state index in [-0.39, 0.29) is 57.4 Å². The van der Waals surface area contributed by atoms with Crippen molar-refractivity contribution in [1.29, 1.82) is 0 Å². The molecule has 0 radical (unpaired) electrons. The van der Waals surface area contributed by atoms with Crippen LogP contribution in [0.1, 0.15) is 68.2 Å². The van der Waals surface area contributed by atoms with Gasteiger partial charge >= 0.3 is 21.7 Å². The van der Waals surface area contributed by atoms with E-state index in [1.165, 1.54) is 22.3 Å². The molecule has 2 rings (SSSR count). The van der Waals surface area contributed by atoms with Crippen LogP contribution in [0, 0.1) is 23.0 Å². The Labute approximate surface area is 171 Å². The third-order valence-electron chi connectivity index (χ3n) is 3.66. The van der Waals surface area contributed by atoms with Crippen molar-refractivity contribution >= 4 is 0 Å². The van der Waals surface area contributed by atoms with Crippen molar-refractivity contribution in [2.45, 2.75) is 68.2 Å². The number of rotatable bonds is 0. The van der Waals surface area contributed by atoms with E-state index in [2.05, 4.69) is 79.7 Å². The first-order valence-electron chi connectivity index (χ1n) is 7.60. The standard InChI is InChI=1S/2C10H15.2ClH.Ti/c2*1-8-6-5-7-9(8)10(2,3)4;;;/h2*6H,5H2,1-4H3;2*1H;/q2*-1;;;+4/p-2. The second-order valence-electron chi connectivity index (χ2n) is 7.79. The minimum Gasteiger partial charge on any atom is -1.00 e. The van der Waals surface area contributed by atoms with Gasteiger partial charge in [-0.3, -0.25) is 12.2 Å². The predicted octanol–water partition coefficient (Wildman–Crippen LogP) is 0.230. The number of hydrogen-bond acceptors (Lipinski definition) is 0. The van der Waals surface area contributed by atoms with E-state index in [4.69, 9.17) is 0 Å². The van der Waals surface area contributed by atoms with Crippen molar-refractivity contribution in [3.05, 3.63) is 46.6 Å². The molecule has 0 aromatic heterocycles. The Morgan fingerprint density at radius 2 is 0.957 bits per heavy atom. The Kier molecular flexibility index (Phi) is 13.4. The summed E-state index contributed by atoms with van der Waals surface area (Å²) in [5.41, 5.74) is 6.19. The fraction of sp³-hybridized carbons (Fsp3) is 0.600. The van der Waals surface area contributed by atoms with Crippen LogP contribution >= 0.6 is 0 Å². The predicted molar refractivity (Wildman–Crippen MR) is 89.2 cm³/mol. The van der Waals surface area contributed by atoms with Crippen molar-refractivity contribution in [2.24, 2.45) is 10.8 Å². The fourth-order valence-electron chi connectivity index (χ4n) is 2.81. The number of hydrogen-bond donors (Lipinski definition) is 0. The van der Waals surface area contributed by atoms with Crippen LogP contribution in [0.3, 0.4) is 0 Å². The van der Waals surface area contributed by atoms with Crippen LogP contribution < -0.4 is 24.8 Å². The van der Waals surface area contributed by atoms with E-state index in [9.17, 15) is 0 Å². The largest absolute Gasteiger partial charge is 4.00 e. The van der Waals surface area contributed by atoms with Crippen LogP contribution in [0.5, 0.6) is 0 Å². The molecule has 0 spiro atoms. The molecule has 23 heavy (non-hydrogen) atoms. The first-order valence-corrected chi connectivity index (χ1v) is 7.60. The van der Waals surface area contributed by atoms with Gasteiger partial charge in [0, 0.05) is 0 Å². The van der Waals surface area contributed by atoms with E-state index < -0.39 is 0 Å². The summed E-state index contributed by atoms with van der Waals surface area (Å²) in [4.78, 5) is 0. The van der Waals surface area contributed by atoms with Gasteiger partial charge in [0.1, 0.15) is 0 Å². The van der Waals surface area contributed by atoms with Crippen LogP contribution in [-0.4, -0.2) is 0 Å². The number of allylic oxidation sites excluding steroid dienone is 8. The van der Waals surface area contributed by atoms with Gasteiger partial charge in [0.25, 0.3) is 0 Å². The molecule has 2 aliphatic carbocycles. The second-order valence-corrected chi connectivity index (χ2v) is 7.79. The van der Waals surface area contributed by atoms with Crippen molar-refractivity contribution < 1.29 is 46.5 Å². The molecule has 0 saturated carbocycles. The van der Waals surface area contributed by atoms with Gasteiger partial charge in [-0.25, -0.2) is 22.3 Å². The Morgan fingerprint density at radius 3 is 1.04 bits per heavy atom. The van der Waals surface area contributed by atoms with Crippen LogP contribution in [-0.2, 0) is 21.7 Å². The van der Waals surface area contributed by atoms with E-state index in [0.29, 0.717) is 0 Å². The topological polar surface area (TPSA) is 0 Å². The third-order valence-corrected chi connectivity index (χ3v) is 3.66. The molecule has 0 saturated heterocycles. The molecular formula is C20H30Cl2Ti. The zero-order valence-corrected chi connectivity index (χ0v) is 18.9. The molecule has 0 aromatic carbocycles. The maximum atomic E-state index is 3.37. The Hall–Kier alpha value is 0.254. The molecule has 0 atom stereocenters. The van der Waals surface area contributed by atoms with E-state index in [1.54, 1.807) is 0 Å². The molecule has 0 amide bonds. The Morgan fingerprint density at radius 1 is 0.696 bits per heavy atom. The van der Waals surface area contributed by atoms with Crippen LogP contribution in [0.25, 0.3) is 0 Å². The molecule has 0 unspecified atom stereocenters. The van der Waals surface area contributed by atoms with Crippen molar-refractivity contribution in [1.82, 2.24) is 0 Å². The zero-order valence-electron chi connectivity index (χ0n) is 15.8. The summed E-state index contributed by atoms with van der Waals surface area (Å²) in [6.45, 7) is 17.7. The smallest absolute Gasteiger partial charge is 1.00 e. The van der Waals surface area contributed by atoms with Gasteiger partial charge in [0.2, 0.25) is 0 Å². The molecule has 2 aliphatic rings. The summed E-state index contributed by atoms with van der Waals surface area (Å²) in [5.74, 6) is 0. The first-order chi connectivity index (χ1) is 9.03. The minimum absolute atomic E-state index is 0. The summed E-state index contributed by atoms with van der Waals surface area (Å²) in [7, 11) is 0. The van der Waals surface area contributed by atoms with Gasteiger partial charge < -0.3 is 24.8 Å². The van der Waals surface area contributed by atoms with Crippen LogP contribution in [0.2, 0.25) is 0 Å². The molecule has 0 fully saturated rings. The number of halogens is 2. The maximum Gasteiger partial charge on any atom is 4.00 e. The van der Waals surface area contributed by atoms with Gasteiger partial charge in [-0.2, -0.15) is 12.2 Å². The fourth-order valence-corrected chi connectivity index (χ4v) is 2.81. The van der Waals surface area contributed by atoms with E-state index in [0.717, 1.165) is 12.8 Å². The van der Waals surface area contributed by atoms with Crippen molar-refractivity contribution in [2.75, 3.05) is 0 Å². The van der Waals surface area contributed by atoms with E-state index >= 15 is 0 Å². The molecule has 0 bridgehead atoms. The zero-order chi connectivity index (χ0) is 15.6. The van der Waals surface area contributed by atoms with Crippen LogP contribution in [0.4, 0.5) is 0 Å². The SMILES string of the molecule is CC1=CC[C-]=C1C(C)(C)C.CC1=CC[C-]=C1C(C)(C)C.[Cl-].[Cl-].[Ti+4]. The molecule has 0 heterocycles. The summed E-state index contributed by atoms with van der Waals surface area (Å²) in [6.07, 6.45) is 13.2. The Bertz CT molecular complexity index is 435. The van der Waals surface area contributed by atoms with Gasteiger partial charge in [-0.15, -0.1) is 26.7 Å². The minimum atomic E-state index is 0. The molecule has 0 aliphatic heterocycles. The van der Waals surface area contributed by atoms with Crippen molar-refractivity contribution in [3.8, 4) is 0 Å². The van der Waals surface area contributed by atoms with Gasteiger partial charge in [0.15, 0.2) is 0 Å². The quantitative estimate of drug-likeness (QED) is 0.411. The average Bonchev–Trinajstić information content (AvgIpc) is 2.85. The summed E-state index contributed by atoms with van der Waals surface area (Å²) in [6, 6.07) is 0. The summed E-state index contributed by atoms with van der Waals surface area (Å²) in [5, 5.41) is 0. The first kappa shape index (κ1) is 28.1. The maximum absolute atomic E-state index is 3.37. The monoisotopic (exact) mass is 388 g/mol.